The first kappa shape index (κ1) is 22.3. The molecule has 11 heteroatoms. The van der Waals surface area contributed by atoms with Gasteiger partial charge in [0.25, 0.3) is 5.60 Å². The Morgan fingerprint density at radius 2 is 1.00 bits per heavy atom. The molecule has 0 amide bonds. The van der Waals surface area contributed by atoms with Crippen molar-refractivity contribution in [2.24, 2.45) is 5.92 Å². The molecule has 23 heavy (non-hydrogen) atoms. The Bertz CT molecular complexity index is 367. The zero-order valence-corrected chi connectivity index (χ0v) is 12.7. The second-order valence-corrected chi connectivity index (χ2v) is 5.76. The van der Waals surface area contributed by atoms with Crippen molar-refractivity contribution in [3.8, 4) is 0 Å². The molecule has 0 unspecified atom stereocenters. The van der Waals surface area contributed by atoms with Crippen LogP contribution in [0.4, 0.5) is 39.5 Å². The number of alkyl halides is 9. The van der Waals surface area contributed by atoms with Gasteiger partial charge in [-0.3, -0.25) is 0 Å². The minimum Gasteiger partial charge on any atom is -0.366 e. The molecule has 0 aliphatic heterocycles. The highest BCUT2D eigenvalue weighted by atomic mass is 19.4. The van der Waals surface area contributed by atoms with Crippen LogP contribution in [0.15, 0.2) is 0 Å². The first-order valence-corrected chi connectivity index (χ1v) is 6.33. The van der Waals surface area contributed by atoms with Gasteiger partial charge in [0.05, 0.1) is 13.2 Å². The van der Waals surface area contributed by atoms with E-state index in [1.165, 1.54) is 0 Å². The van der Waals surface area contributed by atoms with Gasteiger partial charge in [-0.05, 0) is 20.8 Å². The smallest absolute Gasteiger partial charge is 0.366 e. The fourth-order valence-corrected chi connectivity index (χ4v) is 1.11. The molecule has 0 rings (SSSR count). The Labute approximate surface area is 126 Å². The minimum absolute atomic E-state index is 0.180. The SMILES string of the molecule is C[C@@H](COC(C)(C)C(F)(F)F)COC(C)(C(F)(F)F)C(F)(F)F. The van der Waals surface area contributed by atoms with Crippen LogP contribution in [0, 0.1) is 5.92 Å². The number of hydrogen-bond acceptors (Lipinski definition) is 2. The Morgan fingerprint density at radius 3 is 1.30 bits per heavy atom. The highest BCUT2D eigenvalue weighted by Crippen LogP contribution is 2.45. The molecule has 0 radical (unpaired) electrons. The van der Waals surface area contributed by atoms with E-state index in [4.69, 9.17) is 0 Å². The van der Waals surface area contributed by atoms with Crippen LogP contribution in [0.5, 0.6) is 0 Å². The van der Waals surface area contributed by atoms with Crippen LogP contribution in [-0.4, -0.2) is 42.9 Å². The second kappa shape index (κ2) is 6.66. The normalized spacial score (nSPS) is 16.6. The van der Waals surface area contributed by atoms with Gasteiger partial charge in [0, 0.05) is 5.92 Å². The molecule has 0 spiro atoms. The van der Waals surface area contributed by atoms with E-state index in [1.807, 2.05) is 0 Å². The van der Waals surface area contributed by atoms with Gasteiger partial charge in [0.2, 0.25) is 0 Å². The van der Waals surface area contributed by atoms with Crippen LogP contribution >= 0.6 is 0 Å². The van der Waals surface area contributed by atoms with Crippen molar-refractivity contribution in [2.45, 2.75) is 57.4 Å². The van der Waals surface area contributed by atoms with Gasteiger partial charge < -0.3 is 9.47 Å². The Hall–Kier alpha value is -0.710. The lowest BCUT2D eigenvalue weighted by Crippen LogP contribution is -2.57. The van der Waals surface area contributed by atoms with Crippen LogP contribution in [0.1, 0.15) is 27.7 Å². The molecule has 1 atom stereocenters. The van der Waals surface area contributed by atoms with Crippen molar-refractivity contribution >= 4 is 0 Å². The van der Waals surface area contributed by atoms with Crippen molar-refractivity contribution < 1.29 is 49.0 Å². The van der Waals surface area contributed by atoms with E-state index in [1.54, 1.807) is 0 Å². The number of ether oxygens (including phenoxy) is 2. The fourth-order valence-electron chi connectivity index (χ4n) is 1.11. The molecule has 0 aliphatic rings. The van der Waals surface area contributed by atoms with Crippen LogP contribution < -0.4 is 0 Å². The van der Waals surface area contributed by atoms with Crippen molar-refractivity contribution in [2.75, 3.05) is 13.2 Å². The molecular weight excluding hydrogens is 347 g/mol. The van der Waals surface area contributed by atoms with E-state index < -0.39 is 48.9 Å². The molecule has 0 saturated heterocycles. The molecule has 0 N–H and O–H groups in total. The minimum atomic E-state index is -5.73. The van der Waals surface area contributed by atoms with Crippen molar-refractivity contribution in [3.63, 3.8) is 0 Å². The summed E-state index contributed by atoms with van der Waals surface area (Å²) in [5, 5.41) is 0. The molecule has 0 fully saturated rings. The van der Waals surface area contributed by atoms with Gasteiger partial charge in [0.1, 0.15) is 0 Å². The third-order valence-electron chi connectivity index (χ3n) is 3.15. The van der Waals surface area contributed by atoms with E-state index in [9.17, 15) is 39.5 Å². The van der Waals surface area contributed by atoms with E-state index in [0.29, 0.717) is 13.8 Å². The fraction of sp³-hybridized carbons (Fsp3) is 1.00. The largest absolute Gasteiger partial charge is 0.426 e. The molecule has 0 aromatic carbocycles. The van der Waals surface area contributed by atoms with Crippen LogP contribution in [0.25, 0.3) is 0 Å². The maximum absolute atomic E-state index is 12.6. The van der Waals surface area contributed by atoms with Crippen LogP contribution in [0.2, 0.25) is 0 Å². The van der Waals surface area contributed by atoms with E-state index in [2.05, 4.69) is 9.47 Å². The monoisotopic (exact) mass is 364 g/mol. The van der Waals surface area contributed by atoms with Gasteiger partial charge in [-0.25, -0.2) is 0 Å². The number of hydrogen-bond donors (Lipinski definition) is 0. The zero-order valence-electron chi connectivity index (χ0n) is 12.7. The zero-order chi connectivity index (χ0) is 18.9. The van der Waals surface area contributed by atoms with Crippen LogP contribution in [-0.2, 0) is 9.47 Å². The summed E-state index contributed by atoms with van der Waals surface area (Å²) in [4.78, 5) is 0. The van der Waals surface area contributed by atoms with Crippen molar-refractivity contribution in [1.82, 2.24) is 0 Å². The molecule has 2 nitrogen and oxygen atoms in total. The molecule has 0 saturated carbocycles. The first-order chi connectivity index (χ1) is 9.85. The first-order valence-electron chi connectivity index (χ1n) is 6.33. The van der Waals surface area contributed by atoms with Crippen molar-refractivity contribution in [1.29, 1.82) is 0 Å². The summed E-state index contributed by atoms with van der Waals surface area (Å²) >= 11 is 0. The maximum atomic E-state index is 12.6. The Balaban J connectivity index is 4.78. The quantitative estimate of drug-likeness (QED) is 0.626. The highest BCUT2D eigenvalue weighted by Gasteiger charge is 2.69. The van der Waals surface area contributed by atoms with Crippen LogP contribution in [0.3, 0.4) is 0 Å². The molecule has 0 bridgehead atoms. The average Bonchev–Trinajstić information content (AvgIpc) is 2.29. The van der Waals surface area contributed by atoms with Gasteiger partial charge in [-0.15, -0.1) is 0 Å². The molecule has 0 aromatic heterocycles. The predicted octanol–water partition coefficient (Wildman–Crippen LogP) is 4.88. The lowest BCUT2D eigenvalue weighted by atomic mass is 10.1. The van der Waals surface area contributed by atoms with Gasteiger partial charge in [-0.1, -0.05) is 6.92 Å². The van der Waals surface area contributed by atoms with Gasteiger partial charge in [0.15, 0.2) is 5.60 Å². The van der Waals surface area contributed by atoms with Crippen molar-refractivity contribution in [3.05, 3.63) is 0 Å². The van der Waals surface area contributed by atoms with Gasteiger partial charge in [-0.2, -0.15) is 39.5 Å². The molecule has 140 valence electrons. The van der Waals surface area contributed by atoms with E-state index in [-0.39, 0.29) is 6.92 Å². The average molecular weight is 364 g/mol. The third kappa shape index (κ3) is 5.40. The molecular formula is C12H17F9O2. The molecule has 0 aliphatic carbocycles. The summed E-state index contributed by atoms with van der Waals surface area (Å²) in [7, 11) is 0. The van der Waals surface area contributed by atoms with E-state index >= 15 is 0 Å². The van der Waals surface area contributed by atoms with E-state index in [0.717, 1.165) is 6.92 Å². The Morgan fingerprint density at radius 1 is 0.652 bits per heavy atom. The summed E-state index contributed by atoms with van der Waals surface area (Å²) < 4.78 is 121. The lowest BCUT2D eigenvalue weighted by molar-refractivity contribution is -0.376. The standard InChI is InChI=1S/C12H17F9O2/c1-7(5-22-8(2,3)10(13,14)15)6-23-9(4,11(16,17)18)12(19,20)21/h7H,5-6H2,1-4H3/t7-/m0/s1. The summed E-state index contributed by atoms with van der Waals surface area (Å²) in [6, 6.07) is 0. The highest BCUT2D eigenvalue weighted by molar-refractivity contribution is 4.91. The topological polar surface area (TPSA) is 18.5 Å². The maximum Gasteiger partial charge on any atom is 0.426 e. The summed E-state index contributed by atoms with van der Waals surface area (Å²) in [6.45, 7) is 0.508. The lowest BCUT2D eigenvalue weighted by Gasteiger charge is -2.35. The molecule has 0 heterocycles. The summed E-state index contributed by atoms with van der Waals surface area (Å²) in [6.07, 6.45) is -16.2. The number of rotatable bonds is 6. The molecule has 0 aromatic rings. The summed E-state index contributed by atoms with van der Waals surface area (Å²) in [5.74, 6) is -1.12. The summed E-state index contributed by atoms with van der Waals surface area (Å²) in [5.41, 5.74) is -6.99. The third-order valence-corrected chi connectivity index (χ3v) is 3.15. The predicted molar refractivity (Wildman–Crippen MR) is 61.7 cm³/mol. The van der Waals surface area contributed by atoms with Gasteiger partial charge >= 0.3 is 18.5 Å². The number of halogens is 9. The second-order valence-electron chi connectivity index (χ2n) is 5.76. The Kier molecular flexibility index (Phi) is 6.45.